The molecule has 1 amide bonds. The molecule has 0 aliphatic heterocycles. The largest absolute Gasteiger partial charge is 0.478 e. The van der Waals surface area contributed by atoms with Crippen LogP contribution in [0.2, 0.25) is 0 Å². The zero-order chi connectivity index (χ0) is 14.4. The highest BCUT2D eigenvalue weighted by Crippen LogP contribution is 2.04. The predicted octanol–water partition coefficient (Wildman–Crippen LogP) is 1.64. The number of carbonyl (C=O) groups is 2. The Kier molecular flexibility index (Phi) is 4.44. The fourth-order valence-corrected chi connectivity index (χ4v) is 1.70. The minimum Gasteiger partial charge on any atom is -0.478 e. The van der Waals surface area contributed by atoms with E-state index in [4.69, 9.17) is 5.11 Å². The van der Waals surface area contributed by atoms with Crippen molar-refractivity contribution in [2.45, 2.75) is 13.0 Å². The Labute approximate surface area is 116 Å². The summed E-state index contributed by atoms with van der Waals surface area (Å²) in [5, 5.41) is 11.6. The molecule has 2 rings (SSSR count). The average molecular weight is 270 g/mol. The molecule has 1 heterocycles. The highest BCUT2D eigenvalue weighted by atomic mass is 16.4. The molecule has 0 aliphatic carbocycles. The molecule has 5 nitrogen and oxygen atoms in total. The van der Waals surface area contributed by atoms with Gasteiger partial charge in [-0.2, -0.15) is 0 Å². The zero-order valence-corrected chi connectivity index (χ0v) is 10.7. The third kappa shape index (κ3) is 3.91. The van der Waals surface area contributed by atoms with Crippen molar-refractivity contribution in [3.05, 3.63) is 65.5 Å². The normalized spacial score (nSPS) is 10.0. The Balaban J connectivity index is 1.85. The van der Waals surface area contributed by atoms with Crippen molar-refractivity contribution >= 4 is 11.9 Å². The minimum absolute atomic E-state index is 0.119. The molecule has 1 aromatic heterocycles. The fourth-order valence-electron chi connectivity index (χ4n) is 1.70. The van der Waals surface area contributed by atoms with Crippen LogP contribution in [-0.2, 0) is 17.8 Å². The predicted molar refractivity (Wildman–Crippen MR) is 73.2 cm³/mol. The van der Waals surface area contributed by atoms with Crippen molar-refractivity contribution in [3.63, 3.8) is 0 Å². The van der Waals surface area contributed by atoms with E-state index in [2.05, 4.69) is 10.3 Å². The first kappa shape index (κ1) is 13.7. The second kappa shape index (κ2) is 6.47. The second-order valence-electron chi connectivity index (χ2n) is 4.28. The number of carboxylic acids is 1. The Morgan fingerprint density at radius 1 is 1.10 bits per heavy atom. The van der Waals surface area contributed by atoms with E-state index >= 15 is 0 Å². The fraction of sp³-hybridized carbons (Fsp3) is 0.133. The summed E-state index contributed by atoms with van der Waals surface area (Å²) in [6.45, 7) is 0.367. The number of rotatable bonds is 5. The SMILES string of the molecule is O=C(Cc1ccccn1)NCc1ccc(C(=O)O)cc1. The van der Waals surface area contributed by atoms with Crippen molar-refractivity contribution in [1.29, 1.82) is 0 Å². The number of nitrogens with zero attached hydrogens (tertiary/aromatic N) is 1. The van der Waals surface area contributed by atoms with Crippen LogP contribution >= 0.6 is 0 Å². The van der Waals surface area contributed by atoms with Crippen molar-refractivity contribution in [2.24, 2.45) is 0 Å². The van der Waals surface area contributed by atoms with Crippen molar-refractivity contribution in [3.8, 4) is 0 Å². The van der Waals surface area contributed by atoms with Gasteiger partial charge in [0.25, 0.3) is 0 Å². The summed E-state index contributed by atoms with van der Waals surface area (Å²) >= 11 is 0. The van der Waals surface area contributed by atoms with Crippen LogP contribution in [0.1, 0.15) is 21.6 Å². The Morgan fingerprint density at radius 2 is 1.85 bits per heavy atom. The average Bonchev–Trinajstić information content (AvgIpc) is 2.46. The highest BCUT2D eigenvalue weighted by Gasteiger charge is 2.05. The molecule has 0 radical (unpaired) electrons. The van der Waals surface area contributed by atoms with Gasteiger partial charge in [0.05, 0.1) is 12.0 Å². The molecule has 2 N–H and O–H groups in total. The molecule has 0 fully saturated rings. The minimum atomic E-state index is -0.962. The number of aromatic nitrogens is 1. The lowest BCUT2D eigenvalue weighted by Gasteiger charge is -2.05. The van der Waals surface area contributed by atoms with Crippen LogP contribution in [0.15, 0.2) is 48.7 Å². The molecule has 0 saturated carbocycles. The monoisotopic (exact) mass is 270 g/mol. The number of hydrogen-bond donors (Lipinski definition) is 2. The number of amides is 1. The maximum atomic E-state index is 11.7. The van der Waals surface area contributed by atoms with Gasteiger partial charge < -0.3 is 10.4 Å². The van der Waals surface area contributed by atoms with Gasteiger partial charge >= 0.3 is 5.97 Å². The van der Waals surface area contributed by atoms with E-state index in [0.29, 0.717) is 12.2 Å². The third-order valence-corrected chi connectivity index (χ3v) is 2.76. The van der Waals surface area contributed by atoms with Gasteiger partial charge in [0.1, 0.15) is 0 Å². The van der Waals surface area contributed by atoms with E-state index < -0.39 is 5.97 Å². The number of aromatic carboxylic acids is 1. The topological polar surface area (TPSA) is 79.3 Å². The maximum Gasteiger partial charge on any atom is 0.335 e. The number of pyridine rings is 1. The van der Waals surface area contributed by atoms with Gasteiger partial charge in [0, 0.05) is 18.4 Å². The summed E-state index contributed by atoms with van der Waals surface area (Å²) in [6, 6.07) is 11.8. The molecule has 2 aromatic rings. The standard InChI is InChI=1S/C15H14N2O3/c18-14(9-13-3-1-2-8-16-13)17-10-11-4-6-12(7-5-11)15(19)20/h1-8H,9-10H2,(H,17,18)(H,19,20). The van der Waals surface area contributed by atoms with Crippen LogP contribution in [-0.4, -0.2) is 22.0 Å². The van der Waals surface area contributed by atoms with Crippen molar-refractivity contribution in [1.82, 2.24) is 10.3 Å². The molecular formula is C15H14N2O3. The summed E-state index contributed by atoms with van der Waals surface area (Å²) in [7, 11) is 0. The van der Waals surface area contributed by atoms with Gasteiger partial charge in [-0.05, 0) is 29.8 Å². The van der Waals surface area contributed by atoms with Gasteiger partial charge in [-0.15, -0.1) is 0 Å². The first-order valence-corrected chi connectivity index (χ1v) is 6.14. The maximum absolute atomic E-state index is 11.7. The Hall–Kier alpha value is -2.69. The summed E-state index contributed by atoms with van der Waals surface area (Å²) in [6.07, 6.45) is 1.88. The van der Waals surface area contributed by atoms with E-state index in [1.807, 2.05) is 6.07 Å². The van der Waals surface area contributed by atoms with Gasteiger partial charge in [-0.25, -0.2) is 4.79 Å². The molecule has 20 heavy (non-hydrogen) atoms. The van der Waals surface area contributed by atoms with Crippen LogP contribution in [0, 0.1) is 0 Å². The van der Waals surface area contributed by atoms with E-state index in [-0.39, 0.29) is 17.9 Å². The van der Waals surface area contributed by atoms with Crippen molar-refractivity contribution in [2.75, 3.05) is 0 Å². The van der Waals surface area contributed by atoms with E-state index in [1.54, 1.807) is 30.5 Å². The quantitative estimate of drug-likeness (QED) is 0.865. The zero-order valence-electron chi connectivity index (χ0n) is 10.7. The summed E-state index contributed by atoms with van der Waals surface area (Å²) < 4.78 is 0. The Bertz CT molecular complexity index is 594. The summed E-state index contributed by atoms with van der Waals surface area (Å²) in [5.41, 5.74) is 1.80. The first-order chi connectivity index (χ1) is 9.65. The molecule has 0 aliphatic rings. The third-order valence-electron chi connectivity index (χ3n) is 2.76. The van der Waals surface area contributed by atoms with Gasteiger partial charge in [0.2, 0.25) is 5.91 Å². The van der Waals surface area contributed by atoms with E-state index in [9.17, 15) is 9.59 Å². The molecular weight excluding hydrogens is 256 g/mol. The smallest absolute Gasteiger partial charge is 0.335 e. The molecule has 0 atom stereocenters. The number of hydrogen-bond acceptors (Lipinski definition) is 3. The lowest BCUT2D eigenvalue weighted by Crippen LogP contribution is -2.24. The van der Waals surface area contributed by atoms with Gasteiger partial charge in [-0.3, -0.25) is 9.78 Å². The second-order valence-corrected chi connectivity index (χ2v) is 4.28. The van der Waals surface area contributed by atoms with E-state index in [1.165, 1.54) is 12.1 Å². The van der Waals surface area contributed by atoms with Crippen LogP contribution in [0.3, 0.4) is 0 Å². The molecule has 0 bridgehead atoms. The Morgan fingerprint density at radius 3 is 2.45 bits per heavy atom. The number of carboxylic acid groups (broad SMARTS) is 1. The number of nitrogens with one attached hydrogen (secondary N) is 1. The van der Waals surface area contributed by atoms with Crippen LogP contribution in [0.4, 0.5) is 0 Å². The summed E-state index contributed by atoms with van der Waals surface area (Å²) in [4.78, 5) is 26.5. The van der Waals surface area contributed by atoms with Crippen LogP contribution < -0.4 is 5.32 Å². The number of benzene rings is 1. The van der Waals surface area contributed by atoms with E-state index in [0.717, 1.165) is 5.56 Å². The lowest BCUT2D eigenvalue weighted by molar-refractivity contribution is -0.120. The van der Waals surface area contributed by atoms with Gasteiger partial charge in [0.15, 0.2) is 0 Å². The molecule has 1 aromatic carbocycles. The van der Waals surface area contributed by atoms with Crippen LogP contribution in [0.25, 0.3) is 0 Å². The molecule has 0 unspecified atom stereocenters. The lowest BCUT2D eigenvalue weighted by atomic mass is 10.1. The van der Waals surface area contributed by atoms with Crippen molar-refractivity contribution < 1.29 is 14.7 Å². The molecule has 0 saturated heterocycles. The summed E-state index contributed by atoms with van der Waals surface area (Å²) in [5.74, 6) is -1.08. The molecule has 102 valence electrons. The first-order valence-electron chi connectivity index (χ1n) is 6.14. The number of carbonyl (C=O) groups excluding carboxylic acids is 1. The highest BCUT2D eigenvalue weighted by molar-refractivity contribution is 5.87. The van der Waals surface area contributed by atoms with Gasteiger partial charge in [-0.1, -0.05) is 18.2 Å². The molecule has 0 spiro atoms. The molecule has 5 heteroatoms. The van der Waals surface area contributed by atoms with Crippen LogP contribution in [0.5, 0.6) is 0 Å².